The summed E-state index contributed by atoms with van der Waals surface area (Å²) in [4.78, 5) is 0. The molecule has 0 unspecified atom stereocenters. The van der Waals surface area contributed by atoms with Crippen LogP contribution in [0.3, 0.4) is 0 Å². The maximum absolute atomic E-state index is 12.5. The summed E-state index contributed by atoms with van der Waals surface area (Å²) < 4.78 is 34.8. The Morgan fingerprint density at radius 1 is 1.24 bits per heavy atom. The Labute approximate surface area is 128 Å². The van der Waals surface area contributed by atoms with Gasteiger partial charge in [-0.1, -0.05) is 25.7 Å². The van der Waals surface area contributed by atoms with E-state index in [1.54, 1.807) is 0 Å². The smallest absolute Gasteiger partial charge is 0.279 e. The number of nitrogens with zero attached hydrogens (tertiary/aromatic N) is 1. The molecule has 0 spiro atoms. The van der Waals surface area contributed by atoms with Crippen molar-refractivity contribution >= 4 is 10.2 Å². The molecule has 0 amide bonds. The van der Waals surface area contributed by atoms with Gasteiger partial charge in [0.1, 0.15) is 0 Å². The van der Waals surface area contributed by atoms with Crippen molar-refractivity contribution in [1.29, 1.82) is 0 Å². The van der Waals surface area contributed by atoms with E-state index in [0.29, 0.717) is 19.7 Å². The van der Waals surface area contributed by atoms with Gasteiger partial charge in [0, 0.05) is 24.7 Å². The molecule has 2 aliphatic rings. The second-order valence-corrected chi connectivity index (χ2v) is 8.37. The van der Waals surface area contributed by atoms with E-state index in [4.69, 9.17) is 10.5 Å². The zero-order valence-electron chi connectivity index (χ0n) is 13.2. The molecule has 0 aromatic rings. The van der Waals surface area contributed by atoms with E-state index in [-0.39, 0.29) is 12.1 Å². The van der Waals surface area contributed by atoms with Crippen LogP contribution in [0, 0.1) is 0 Å². The first-order valence-corrected chi connectivity index (χ1v) is 9.43. The average molecular weight is 319 g/mol. The van der Waals surface area contributed by atoms with Crippen molar-refractivity contribution in [2.75, 3.05) is 19.7 Å². The molecule has 6 nitrogen and oxygen atoms in total. The lowest BCUT2D eigenvalue weighted by atomic mass is 9.92. The first-order valence-electron chi connectivity index (χ1n) is 7.99. The third-order valence-electron chi connectivity index (χ3n) is 4.57. The van der Waals surface area contributed by atoms with Crippen LogP contribution in [0.15, 0.2) is 0 Å². The van der Waals surface area contributed by atoms with Gasteiger partial charge in [0.25, 0.3) is 10.2 Å². The van der Waals surface area contributed by atoms with Gasteiger partial charge in [-0.15, -0.1) is 0 Å². The highest BCUT2D eigenvalue weighted by atomic mass is 32.2. The lowest BCUT2D eigenvalue weighted by Gasteiger charge is -2.37. The number of nitrogens with two attached hydrogens (primary N) is 1. The second kappa shape index (κ2) is 6.91. The van der Waals surface area contributed by atoms with Gasteiger partial charge in [-0.3, -0.25) is 0 Å². The van der Waals surface area contributed by atoms with Crippen LogP contribution in [-0.2, 0) is 14.9 Å². The summed E-state index contributed by atoms with van der Waals surface area (Å²) in [5.74, 6) is 0. The van der Waals surface area contributed by atoms with E-state index in [1.165, 1.54) is 17.1 Å². The molecule has 1 saturated carbocycles. The summed E-state index contributed by atoms with van der Waals surface area (Å²) in [6.07, 6.45) is 6.29. The topological polar surface area (TPSA) is 84.7 Å². The molecule has 0 aromatic heterocycles. The number of morpholine rings is 1. The van der Waals surface area contributed by atoms with Crippen LogP contribution < -0.4 is 10.5 Å². The predicted octanol–water partition coefficient (Wildman–Crippen LogP) is 0.982. The fourth-order valence-corrected chi connectivity index (χ4v) is 4.71. The van der Waals surface area contributed by atoms with Crippen molar-refractivity contribution in [3.63, 3.8) is 0 Å². The van der Waals surface area contributed by atoms with Crippen LogP contribution >= 0.6 is 0 Å². The highest BCUT2D eigenvalue weighted by Crippen LogP contribution is 2.25. The molecule has 2 fully saturated rings. The van der Waals surface area contributed by atoms with Gasteiger partial charge in [0.05, 0.1) is 12.7 Å². The fraction of sp³-hybridized carbons (Fsp3) is 1.00. The molecule has 3 N–H and O–H groups in total. The lowest BCUT2D eigenvalue weighted by Crippen LogP contribution is -2.57. The summed E-state index contributed by atoms with van der Waals surface area (Å²) in [5.41, 5.74) is 5.99. The number of nitrogens with one attached hydrogen (secondary N) is 1. The van der Waals surface area contributed by atoms with E-state index >= 15 is 0 Å². The van der Waals surface area contributed by atoms with Crippen LogP contribution in [0.2, 0.25) is 0 Å². The summed E-state index contributed by atoms with van der Waals surface area (Å²) in [7, 11) is -3.49. The minimum absolute atomic E-state index is 0.0671. The minimum atomic E-state index is -3.49. The van der Waals surface area contributed by atoms with Gasteiger partial charge in [0.15, 0.2) is 0 Å². The van der Waals surface area contributed by atoms with Crippen molar-refractivity contribution in [1.82, 2.24) is 9.03 Å². The van der Waals surface area contributed by atoms with Crippen molar-refractivity contribution in [3.05, 3.63) is 0 Å². The van der Waals surface area contributed by atoms with Crippen molar-refractivity contribution in [3.8, 4) is 0 Å². The molecule has 7 heteroatoms. The summed E-state index contributed by atoms with van der Waals surface area (Å²) >= 11 is 0. The number of ether oxygens (including phenoxy) is 1. The van der Waals surface area contributed by atoms with Gasteiger partial charge in [-0.05, 0) is 26.7 Å². The summed E-state index contributed by atoms with van der Waals surface area (Å²) in [6.45, 7) is 4.93. The standard InChI is InChI=1S/C14H29N3O3S/c1-12-10-20-13(2)9-17(12)21(18,19)16-11-14(15)7-5-3-4-6-8-14/h12-13,16H,3-11,15H2,1-2H3/t12-,13-/m0/s1. The zero-order valence-corrected chi connectivity index (χ0v) is 14.0. The average Bonchev–Trinajstić information content (AvgIpc) is 2.65. The Bertz CT molecular complexity index is 433. The number of hydrogen-bond donors (Lipinski definition) is 2. The molecule has 21 heavy (non-hydrogen) atoms. The first-order chi connectivity index (χ1) is 9.82. The SMILES string of the molecule is C[C@H]1CN(S(=O)(=O)NCC2(N)CCCCCC2)[C@@H](C)CO1. The molecule has 1 aliphatic heterocycles. The first kappa shape index (κ1) is 17.1. The molecule has 124 valence electrons. The van der Waals surface area contributed by atoms with Gasteiger partial charge in [-0.2, -0.15) is 12.7 Å². The quantitative estimate of drug-likeness (QED) is 0.757. The molecule has 0 radical (unpaired) electrons. The van der Waals surface area contributed by atoms with E-state index in [0.717, 1.165) is 25.7 Å². The van der Waals surface area contributed by atoms with Crippen LogP contribution in [0.4, 0.5) is 0 Å². The number of rotatable bonds is 4. The molecule has 0 bridgehead atoms. The maximum atomic E-state index is 12.5. The Morgan fingerprint density at radius 3 is 2.48 bits per heavy atom. The normalized spacial score (nSPS) is 31.8. The van der Waals surface area contributed by atoms with Gasteiger partial charge >= 0.3 is 0 Å². The minimum Gasteiger partial charge on any atom is -0.375 e. The highest BCUT2D eigenvalue weighted by molar-refractivity contribution is 7.87. The predicted molar refractivity (Wildman–Crippen MR) is 83.1 cm³/mol. The maximum Gasteiger partial charge on any atom is 0.279 e. The van der Waals surface area contributed by atoms with Gasteiger partial charge < -0.3 is 10.5 Å². The van der Waals surface area contributed by atoms with Gasteiger partial charge in [0.2, 0.25) is 0 Å². The summed E-state index contributed by atoms with van der Waals surface area (Å²) in [5, 5.41) is 0. The fourth-order valence-electron chi connectivity index (χ4n) is 3.14. The van der Waals surface area contributed by atoms with E-state index in [9.17, 15) is 8.42 Å². The second-order valence-electron chi connectivity index (χ2n) is 6.67. The molecule has 1 saturated heterocycles. The number of hydrogen-bond acceptors (Lipinski definition) is 4. The van der Waals surface area contributed by atoms with Gasteiger partial charge in [-0.25, -0.2) is 4.72 Å². The highest BCUT2D eigenvalue weighted by Gasteiger charge is 2.35. The van der Waals surface area contributed by atoms with Crippen molar-refractivity contribution in [2.45, 2.75) is 70.1 Å². The van der Waals surface area contributed by atoms with Crippen LogP contribution in [-0.4, -0.2) is 50.1 Å². The summed E-state index contributed by atoms with van der Waals surface area (Å²) in [6, 6.07) is -0.137. The Morgan fingerprint density at radius 2 is 1.86 bits per heavy atom. The molecule has 2 atom stereocenters. The Kier molecular flexibility index (Phi) is 5.65. The van der Waals surface area contributed by atoms with Crippen molar-refractivity contribution < 1.29 is 13.2 Å². The van der Waals surface area contributed by atoms with Crippen molar-refractivity contribution in [2.24, 2.45) is 5.73 Å². The third kappa shape index (κ3) is 4.63. The molecule has 1 heterocycles. The molecule has 2 rings (SSSR count). The Balaban J connectivity index is 1.96. The Hall–Kier alpha value is -0.210. The zero-order chi connectivity index (χ0) is 15.5. The largest absolute Gasteiger partial charge is 0.375 e. The van der Waals surface area contributed by atoms with E-state index in [2.05, 4.69) is 4.72 Å². The molecular formula is C14H29N3O3S. The van der Waals surface area contributed by atoms with E-state index < -0.39 is 15.7 Å². The van der Waals surface area contributed by atoms with Crippen LogP contribution in [0.25, 0.3) is 0 Å². The third-order valence-corrected chi connectivity index (χ3v) is 6.20. The lowest BCUT2D eigenvalue weighted by molar-refractivity contribution is -0.0175. The molecule has 1 aliphatic carbocycles. The molecular weight excluding hydrogens is 290 g/mol. The van der Waals surface area contributed by atoms with Crippen LogP contribution in [0.5, 0.6) is 0 Å². The monoisotopic (exact) mass is 319 g/mol. The van der Waals surface area contributed by atoms with E-state index in [1.807, 2.05) is 13.8 Å². The van der Waals surface area contributed by atoms with Crippen LogP contribution in [0.1, 0.15) is 52.4 Å². The molecule has 0 aromatic carbocycles.